The van der Waals surface area contributed by atoms with Crippen molar-refractivity contribution in [1.29, 1.82) is 0 Å². The Bertz CT molecular complexity index is 561. The summed E-state index contributed by atoms with van der Waals surface area (Å²) < 4.78 is 0. The third-order valence-electron chi connectivity index (χ3n) is 5.30. The fraction of sp³-hybridized carbons (Fsp3) is 0.556. The van der Waals surface area contributed by atoms with Crippen LogP contribution in [0.4, 0.5) is 4.79 Å². The minimum absolute atomic E-state index is 0.321. The van der Waals surface area contributed by atoms with E-state index in [0.29, 0.717) is 5.92 Å². The van der Waals surface area contributed by atoms with E-state index in [2.05, 4.69) is 10.2 Å². The molecular weight excluding hydrogens is 290 g/mol. The van der Waals surface area contributed by atoms with Gasteiger partial charge in [-0.15, -0.1) is 0 Å². The molecule has 5 nitrogen and oxygen atoms in total. The van der Waals surface area contributed by atoms with E-state index >= 15 is 0 Å². The lowest BCUT2D eigenvalue weighted by Crippen LogP contribution is -2.49. The van der Waals surface area contributed by atoms with E-state index in [1.54, 1.807) is 0 Å². The fourth-order valence-corrected chi connectivity index (χ4v) is 4.22. The van der Waals surface area contributed by atoms with Crippen molar-refractivity contribution in [2.75, 3.05) is 13.1 Å². The number of carbonyl (C=O) groups excluding carboxylic acids is 2. The molecule has 1 aromatic rings. The van der Waals surface area contributed by atoms with E-state index in [1.165, 1.54) is 25.7 Å². The Morgan fingerprint density at radius 3 is 2.48 bits per heavy atom. The van der Waals surface area contributed by atoms with Crippen molar-refractivity contribution in [2.45, 2.75) is 38.1 Å². The van der Waals surface area contributed by atoms with Gasteiger partial charge in [-0.25, -0.2) is 4.79 Å². The number of piperidine rings is 1. The van der Waals surface area contributed by atoms with Crippen molar-refractivity contribution in [2.24, 2.45) is 17.6 Å². The van der Waals surface area contributed by atoms with Gasteiger partial charge in [-0.1, -0.05) is 49.6 Å². The summed E-state index contributed by atoms with van der Waals surface area (Å²) in [5.41, 5.74) is 6.07. The number of urea groups is 1. The van der Waals surface area contributed by atoms with E-state index in [0.717, 1.165) is 31.0 Å². The van der Waals surface area contributed by atoms with Crippen LogP contribution in [-0.2, 0) is 4.79 Å². The van der Waals surface area contributed by atoms with Crippen molar-refractivity contribution >= 4 is 11.9 Å². The van der Waals surface area contributed by atoms with Gasteiger partial charge < -0.3 is 5.73 Å². The molecule has 1 aromatic carbocycles. The summed E-state index contributed by atoms with van der Waals surface area (Å²) in [7, 11) is 0. The van der Waals surface area contributed by atoms with Gasteiger partial charge in [0.1, 0.15) is 6.04 Å². The maximum absolute atomic E-state index is 12.6. The molecule has 3 N–H and O–H groups in total. The van der Waals surface area contributed by atoms with E-state index in [1.807, 2.05) is 30.3 Å². The Labute approximate surface area is 137 Å². The molecule has 3 atom stereocenters. The average molecular weight is 315 g/mol. The van der Waals surface area contributed by atoms with Crippen LogP contribution in [0.2, 0.25) is 0 Å². The van der Waals surface area contributed by atoms with Gasteiger partial charge in [0.25, 0.3) is 0 Å². The first-order valence-corrected chi connectivity index (χ1v) is 8.54. The molecule has 0 unspecified atom stereocenters. The first-order valence-electron chi connectivity index (χ1n) is 8.54. The predicted octanol–water partition coefficient (Wildman–Crippen LogP) is 2.43. The average Bonchev–Trinajstić information content (AvgIpc) is 2.55. The van der Waals surface area contributed by atoms with Gasteiger partial charge in [0.15, 0.2) is 0 Å². The van der Waals surface area contributed by atoms with Crippen molar-refractivity contribution < 1.29 is 9.59 Å². The fourth-order valence-electron chi connectivity index (χ4n) is 4.22. The number of hydrogen-bond acceptors (Lipinski definition) is 3. The first kappa shape index (κ1) is 16.0. The molecule has 0 radical (unpaired) electrons. The SMILES string of the molecule is NC(=O)NC(=O)[C@H](c1ccccc1)N1CC[C@H]2CCCC[C@H]2C1. The zero-order chi connectivity index (χ0) is 16.2. The Kier molecular flexibility index (Phi) is 4.96. The summed E-state index contributed by atoms with van der Waals surface area (Å²) >= 11 is 0. The van der Waals surface area contributed by atoms with Gasteiger partial charge in [-0.05, 0) is 36.8 Å². The summed E-state index contributed by atoms with van der Waals surface area (Å²) in [6.45, 7) is 1.82. The minimum atomic E-state index is -0.788. The van der Waals surface area contributed by atoms with Crippen LogP contribution in [0.25, 0.3) is 0 Å². The van der Waals surface area contributed by atoms with Crippen LogP contribution in [0.3, 0.4) is 0 Å². The summed E-state index contributed by atoms with van der Waals surface area (Å²) in [6.07, 6.45) is 6.34. The molecule has 2 aliphatic rings. The zero-order valence-corrected chi connectivity index (χ0v) is 13.4. The topological polar surface area (TPSA) is 75.4 Å². The van der Waals surface area contributed by atoms with Crippen molar-refractivity contribution in [3.63, 3.8) is 0 Å². The predicted molar refractivity (Wildman–Crippen MR) is 88.5 cm³/mol. The number of nitrogens with two attached hydrogens (primary N) is 1. The second-order valence-electron chi connectivity index (χ2n) is 6.75. The Hall–Kier alpha value is -1.88. The standard InChI is InChI=1S/C18H25N3O2/c19-18(23)20-17(22)16(14-7-2-1-3-8-14)21-11-10-13-6-4-5-9-15(13)12-21/h1-3,7-8,13,15-16H,4-6,9-12H2,(H3,19,20,22,23)/t13-,15+,16+/m1/s1. The largest absolute Gasteiger partial charge is 0.351 e. The Morgan fingerprint density at radius 1 is 1.09 bits per heavy atom. The van der Waals surface area contributed by atoms with E-state index in [-0.39, 0.29) is 5.91 Å². The van der Waals surface area contributed by atoms with Crippen LogP contribution in [0.1, 0.15) is 43.7 Å². The molecule has 1 aliphatic heterocycles. The van der Waals surface area contributed by atoms with Crippen LogP contribution in [0, 0.1) is 11.8 Å². The number of imide groups is 1. The number of benzene rings is 1. The van der Waals surface area contributed by atoms with Crippen molar-refractivity contribution in [1.82, 2.24) is 10.2 Å². The highest BCUT2D eigenvalue weighted by atomic mass is 16.2. The van der Waals surface area contributed by atoms with Crippen LogP contribution in [0.5, 0.6) is 0 Å². The monoisotopic (exact) mass is 315 g/mol. The highest BCUT2D eigenvalue weighted by molar-refractivity contribution is 5.96. The first-order chi connectivity index (χ1) is 11.1. The summed E-state index contributed by atoms with van der Waals surface area (Å²) in [4.78, 5) is 25.9. The van der Waals surface area contributed by atoms with E-state index < -0.39 is 12.1 Å². The van der Waals surface area contributed by atoms with E-state index in [9.17, 15) is 9.59 Å². The molecule has 0 spiro atoms. The minimum Gasteiger partial charge on any atom is -0.351 e. The molecule has 2 fully saturated rings. The van der Waals surface area contributed by atoms with Gasteiger partial charge in [0.2, 0.25) is 5.91 Å². The lowest BCUT2D eigenvalue weighted by atomic mass is 9.74. The number of rotatable bonds is 3. The van der Waals surface area contributed by atoms with Crippen LogP contribution >= 0.6 is 0 Å². The molecule has 1 heterocycles. The van der Waals surface area contributed by atoms with Gasteiger partial charge in [-0.3, -0.25) is 15.0 Å². The second-order valence-corrected chi connectivity index (χ2v) is 6.75. The Morgan fingerprint density at radius 2 is 1.78 bits per heavy atom. The molecule has 23 heavy (non-hydrogen) atoms. The summed E-state index contributed by atoms with van der Waals surface area (Å²) in [5, 5.41) is 2.27. The molecule has 0 aromatic heterocycles. The summed E-state index contributed by atoms with van der Waals surface area (Å²) in [5.74, 6) is 1.15. The number of carbonyl (C=O) groups is 2. The zero-order valence-electron chi connectivity index (χ0n) is 13.4. The highest BCUT2D eigenvalue weighted by Crippen LogP contribution is 2.38. The second kappa shape index (κ2) is 7.13. The maximum atomic E-state index is 12.6. The van der Waals surface area contributed by atoms with Gasteiger partial charge in [-0.2, -0.15) is 0 Å². The molecule has 0 bridgehead atoms. The normalized spacial score (nSPS) is 26.1. The van der Waals surface area contributed by atoms with Crippen LogP contribution in [0.15, 0.2) is 30.3 Å². The number of nitrogens with one attached hydrogen (secondary N) is 1. The molecule has 3 amide bonds. The molecule has 1 saturated carbocycles. The third-order valence-corrected chi connectivity index (χ3v) is 5.30. The summed E-state index contributed by atoms with van der Waals surface area (Å²) in [6, 6.07) is 8.44. The van der Waals surface area contributed by atoms with Crippen LogP contribution in [-0.4, -0.2) is 29.9 Å². The number of amides is 3. The van der Waals surface area contributed by atoms with Crippen molar-refractivity contribution in [3.05, 3.63) is 35.9 Å². The smallest absolute Gasteiger partial charge is 0.318 e. The number of nitrogens with zero attached hydrogens (tertiary/aromatic N) is 1. The van der Waals surface area contributed by atoms with Gasteiger partial charge >= 0.3 is 6.03 Å². The highest BCUT2D eigenvalue weighted by Gasteiger charge is 2.37. The maximum Gasteiger partial charge on any atom is 0.318 e. The van der Waals surface area contributed by atoms with Crippen molar-refractivity contribution in [3.8, 4) is 0 Å². The number of primary amides is 1. The molecule has 3 rings (SSSR count). The number of likely N-dealkylation sites (tertiary alicyclic amines) is 1. The molecule has 5 heteroatoms. The molecule has 124 valence electrons. The quantitative estimate of drug-likeness (QED) is 0.899. The lowest BCUT2D eigenvalue weighted by Gasteiger charge is -2.43. The molecular formula is C18H25N3O2. The third kappa shape index (κ3) is 3.72. The number of hydrogen-bond donors (Lipinski definition) is 2. The lowest BCUT2D eigenvalue weighted by molar-refractivity contribution is -0.127. The van der Waals surface area contributed by atoms with Gasteiger partial charge in [0.05, 0.1) is 0 Å². The number of fused-ring (bicyclic) bond motifs is 1. The van der Waals surface area contributed by atoms with E-state index in [4.69, 9.17) is 5.73 Å². The van der Waals surface area contributed by atoms with Crippen LogP contribution < -0.4 is 11.1 Å². The molecule has 1 aliphatic carbocycles. The van der Waals surface area contributed by atoms with Gasteiger partial charge in [0, 0.05) is 6.54 Å². The Balaban J connectivity index is 1.80. The molecule has 1 saturated heterocycles.